The predicted octanol–water partition coefficient (Wildman–Crippen LogP) is 0.334. The summed E-state index contributed by atoms with van der Waals surface area (Å²) in [6.45, 7) is 4.27. The second-order valence-electron chi connectivity index (χ2n) is 5.15. The number of sulfone groups is 1. The van der Waals surface area contributed by atoms with Crippen LogP contribution in [0.3, 0.4) is 0 Å². The lowest BCUT2D eigenvalue weighted by molar-refractivity contribution is -0.120. The smallest absolute Gasteiger partial charge is 0.233 e. The molecule has 118 valence electrons. The van der Waals surface area contributed by atoms with Crippen LogP contribution in [0.1, 0.15) is 32.0 Å². The lowest BCUT2D eigenvalue weighted by Gasteiger charge is -2.11. The van der Waals surface area contributed by atoms with Gasteiger partial charge in [-0.1, -0.05) is 11.8 Å². The topological polar surface area (TPSA) is 94.0 Å². The first-order valence-corrected chi connectivity index (χ1v) is 9.58. The Balaban J connectivity index is 2.09. The molecule has 2 rings (SSSR count). The zero-order valence-electron chi connectivity index (χ0n) is 12.4. The van der Waals surface area contributed by atoms with Crippen LogP contribution in [-0.2, 0) is 21.7 Å². The molecule has 1 saturated heterocycles. The van der Waals surface area contributed by atoms with Gasteiger partial charge in [0.1, 0.15) is 5.82 Å². The van der Waals surface area contributed by atoms with Gasteiger partial charge in [-0.05, 0) is 20.3 Å². The van der Waals surface area contributed by atoms with E-state index in [1.165, 1.54) is 11.8 Å². The van der Waals surface area contributed by atoms with Crippen LogP contribution in [0.25, 0.3) is 0 Å². The standard InChI is InChI=1S/C12H20N4O3S2/c1-4-13-11(17)8(2)20-12-15-14-10(16(12)3)9-5-6-21(18,19)7-9/h8-9H,4-7H2,1-3H3,(H,13,17)/t8-,9-/m1/s1. The molecule has 1 N–H and O–H groups in total. The molecule has 9 heteroatoms. The number of aromatic nitrogens is 3. The van der Waals surface area contributed by atoms with Gasteiger partial charge in [-0.15, -0.1) is 10.2 Å². The van der Waals surface area contributed by atoms with E-state index in [1.807, 2.05) is 20.9 Å². The Bertz CT molecular complexity index is 626. The molecule has 0 spiro atoms. The summed E-state index contributed by atoms with van der Waals surface area (Å²) < 4.78 is 24.9. The van der Waals surface area contributed by atoms with Crippen molar-refractivity contribution in [3.63, 3.8) is 0 Å². The van der Waals surface area contributed by atoms with Crippen molar-refractivity contribution in [3.05, 3.63) is 5.82 Å². The molecule has 2 atom stereocenters. The van der Waals surface area contributed by atoms with E-state index >= 15 is 0 Å². The molecule has 0 unspecified atom stereocenters. The fourth-order valence-electron chi connectivity index (χ4n) is 2.31. The second-order valence-corrected chi connectivity index (χ2v) is 8.69. The third kappa shape index (κ3) is 3.76. The normalized spacial score (nSPS) is 22.1. The first kappa shape index (κ1) is 16.3. The SMILES string of the molecule is CCNC(=O)[C@@H](C)Sc1nnc([C@@H]2CCS(=O)(=O)C2)n1C. The number of thioether (sulfide) groups is 1. The minimum Gasteiger partial charge on any atom is -0.355 e. The number of hydrogen-bond acceptors (Lipinski definition) is 6. The lowest BCUT2D eigenvalue weighted by atomic mass is 10.1. The van der Waals surface area contributed by atoms with Crippen LogP contribution in [0, 0.1) is 0 Å². The number of rotatable bonds is 5. The first-order valence-electron chi connectivity index (χ1n) is 6.88. The van der Waals surface area contributed by atoms with Crippen LogP contribution < -0.4 is 5.32 Å². The predicted molar refractivity (Wildman–Crippen MR) is 81.0 cm³/mol. The molecule has 0 saturated carbocycles. The number of amides is 1. The summed E-state index contributed by atoms with van der Waals surface area (Å²) in [5, 5.41) is 11.3. The molecule has 2 heterocycles. The fraction of sp³-hybridized carbons (Fsp3) is 0.750. The van der Waals surface area contributed by atoms with Gasteiger partial charge in [0.15, 0.2) is 15.0 Å². The molecule has 0 aliphatic carbocycles. The summed E-state index contributed by atoms with van der Waals surface area (Å²) in [5.41, 5.74) is 0. The van der Waals surface area contributed by atoms with Crippen molar-refractivity contribution in [2.24, 2.45) is 7.05 Å². The summed E-state index contributed by atoms with van der Waals surface area (Å²) in [4.78, 5) is 11.7. The van der Waals surface area contributed by atoms with Crippen molar-refractivity contribution in [1.82, 2.24) is 20.1 Å². The van der Waals surface area contributed by atoms with E-state index in [2.05, 4.69) is 15.5 Å². The first-order chi connectivity index (χ1) is 9.84. The number of hydrogen-bond donors (Lipinski definition) is 1. The van der Waals surface area contributed by atoms with Gasteiger partial charge in [-0.25, -0.2) is 8.42 Å². The molecular weight excluding hydrogens is 312 g/mol. The maximum atomic E-state index is 11.7. The van der Waals surface area contributed by atoms with Crippen molar-refractivity contribution < 1.29 is 13.2 Å². The van der Waals surface area contributed by atoms with Gasteiger partial charge >= 0.3 is 0 Å². The number of nitrogens with zero attached hydrogens (tertiary/aromatic N) is 3. The molecule has 21 heavy (non-hydrogen) atoms. The zero-order chi connectivity index (χ0) is 15.6. The van der Waals surface area contributed by atoms with Crippen LogP contribution in [0.4, 0.5) is 0 Å². The van der Waals surface area contributed by atoms with Crippen LogP contribution in [0.2, 0.25) is 0 Å². The largest absolute Gasteiger partial charge is 0.355 e. The molecule has 0 bridgehead atoms. The summed E-state index contributed by atoms with van der Waals surface area (Å²) >= 11 is 1.33. The highest BCUT2D eigenvalue weighted by molar-refractivity contribution is 8.00. The molecule has 7 nitrogen and oxygen atoms in total. The third-order valence-corrected chi connectivity index (χ3v) is 6.37. The maximum Gasteiger partial charge on any atom is 0.233 e. The van der Waals surface area contributed by atoms with Crippen molar-refractivity contribution >= 4 is 27.5 Å². The number of nitrogens with one attached hydrogen (secondary N) is 1. The van der Waals surface area contributed by atoms with E-state index in [-0.39, 0.29) is 28.6 Å². The number of carbonyl (C=O) groups is 1. The molecule has 1 aromatic heterocycles. The highest BCUT2D eigenvalue weighted by atomic mass is 32.2. The third-order valence-electron chi connectivity index (χ3n) is 3.47. The monoisotopic (exact) mass is 332 g/mol. The van der Waals surface area contributed by atoms with Gasteiger partial charge in [-0.2, -0.15) is 0 Å². The summed E-state index contributed by atoms with van der Waals surface area (Å²) in [7, 11) is -1.13. The van der Waals surface area contributed by atoms with Crippen molar-refractivity contribution in [2.45, 2.75) is 36.6 Å². The van der Waals surface area contributed by atoms with E-state index in [4.69, 9.17) is 0 Å². The lowest BCUT2D eigenvalue weighted by Crippen LogP contribution is -2.30. The Morgan fingerprint density at radius 2 is 2.24 bits per heavy atom. The Kier molecular flexibility index (Phi) is 4.92. The number of carbonyl (C=O) groups excluding carboxylic acids is 1. The van der Waals surface area contributed by atoms with E-state index < -0.39 is 9.84 Å². The molecule has 1 aliphatic rings. The summed E-state index contributed by atoms with van der Waals surface area (Å²) in [6.07, 6.45) is 0.588. The van der Waals surface area contributed by atoms with Crippen LogP contribution in [-0.4, -0.2) is 52.4 Å². The maximum absolute atomic E-state index is 11.7. The molecule has 0 aromatic carbocycles. The molecular formula is C12H20N4O3S2. The Labute approximate surface area is 128 Å². The summed E-state index contributed by atoms with van der Waals surface area (Å²) in [6, 6.07) is 0. The average molecular weight is 332 g/mol. The van der Waals surface area contributed by atoms with E-state index in [0.717, 1.165) is 0 Å². The van der Waals surface area contributed by atoms with Gasteiger partial charge in [-0.3, -0.25) is 4.79 Å². The van der Waals surface area contributed by atoms with Gasteiger partial charge < -0.3 is 9.88 Å². The molecule has 1 amide bonds. The van der Waals surface area contributed by atoms with Crippen LogP contribution in [0.15, 0.2) is 5.16 Å². The van der Waals surface area contributed by atoms with Gasteiger partial charge in [0.05, 0.1) is 16.8 Å². The molecule has 1 fully saturated rings. The minimum atomic E-state index is -2.95. The fourth-order valence-corrected chi connectivity index (χ4v) is 4.90. The Hall–Kier alpha value is -1.09. The highest BCUT2D eigenvalue weighted by Gasteiger charge is 2.32. The molecule has 0 radical (unpaired) electrons. The Morgan fingerprint density at radius 3 is 2.81 bits per heavy atom. The van der Waals surface area contributed by atoms with Gasteiger partial charge in [0.2, 0.25) is 5.91 Å². The highest BCUT2D eigenvalue weighted by Crippen LogP contribution is 2.30. The molecule has 1 aliphatic heterocycles. The molecule has 1 aromatic rings. The van der Waals surface area contributed by atoms with Crippen molar-refractivity contribution in [2.75, 3.05) is 18.1 Å². The average Bonchev–Trinajstić information content (AvgIpc) is 2.93. The van der Waals surface area contributed by atoms with Crippen molar-refractivity contribution in [1.29, 1.82) is 0 Å². The second kappa shape index (κ2) is 6.35. The van der Waals surface area contributed by atoms with Crippen LogP contribution in [0.5, 0.6) is 0 Å². The minimum absolute atomic E-state index is 0.0458. The van der Waals surface area contributed by atoms with Gasteiger partial charge in [0.25, 0.3) is 0 Å². The van der Waals surface area contributed by atoms with E-state index in [9.17, 15) is 13.2 Å². The van der Waals surface area contributed by atoms with E-state index in [1.54, 1.807) is 4.57 Å². The Morgan fingerprint density at radius 1 is 1.52 bits per heavy atom. The quantitative estimate of drug-likeness (QED) is 0.781. The van der Waals surface area contributed by atoms with Gasteiger partial charge in [0, 0.05) is 19.5 Å². The van der Waals surface area contributed by atoms with E-state index in [0.29, 0.717) is 23.9 Å². The van der Waals surface area contributed by atoms with Crippen LogP contribution >= 0.6 is 11.8 Å². The van der Waals surface area contributed by atoms with Crippen molar-refractivity contribution in [3.8, 4) is 0 Å². The summed E-state index contributed by atoms with van der Waals surface area (Å²) in [5.74, 6) is 0.886. The zero-order valence-corrected chi connectivity index (χ0v) is 14.0.